The van der Waals surface area contributed by atoms with Crippen LogP contribution in [-0.4, -0.2) is 34.0 Å². The molecule has 0 atom stereocenters. The van der Waals surface area contributed by atoms with E-state index in [1.54, 1.807) is 35.1 Å². The van der Waals surface area contributed by atoms with Gasteiger partial charge in [-0.05, 0) is 105 Å². The number of nitrogens with one attached hydrogen (secondary N) is 1. The molecule has 1 N–H and O–H groups in total. The Hall–Kier alpha value is -4.72. The Bertz CT molecular complexity index is 1600. The Labute approximate surface area is 220 Å². The van der Waals surface area contributed by atoms with Gasteiger partial charge in [-0.25, -0.2) is 4.39 Å². The first kappa shape index (κ1) is 25.0. The van der Waals surface area contributed by atoms with Gasteiger partial charge in [0.05, 0.1) is 5.69 Å². The molecular weight excluding hydrogens is 481 g/mol. The molecule has 0 aliphatic rings. The minimum absolute atomic E-state index is 0.299. The average molecular weight is 510 g/mol. The number of furan rings is 1. The molecular formula is C30H28FN5O2. The molecule has 38 heavy (non-hydrogen) atoms. The number of fused-ring (bicyclic) bond motifs is 1. The number of hydrogen-bond donors (Lipinski definition) is 1. The number of carbonyl (C=O) groups excluding carboxylic acids is 1. The van der Waals surface area contributed by atoms with Crippen molar-refractivity contribution in [3.8, 4) is 17.0 Å². The number of carbonyl (C=O) groups is 1. The van der Waals surface area contributed by atoms with Gasteiger partial charge in [-0.1, -0.05) is 0 Å². The van der Waals surface area contributed by atoms with Crippen molar-refractivity contribution < 1.29 is 13.6 Å². The van der Waals surface area contributed by atoms with Gasteiger partial charge in [0.1, 0.15) is 28.4 Å². The van der Waals surface area contributed by atoms with Gasteiger partial charge in [-0.2, -0.15) is 4.80 Å². The van der Waals surface area contributed by atoms with Gasteiger partial charge in [0.15, 0.2) is 0 Å². The zero-order valence-electron chi connectivity index (χ0n) is 21.5. The molecule has 5 aromatic rings. The van der Waals surface area contributed by atoms with Gasteiger partial charge < -0.3 is 14.6 Å². The van der Waals surface area contributed by atoms with E-state index in [1.807, 2.05) is 31.2 Å². The van der Waals surface area contributed by atoms with Crippen molar-refractivity contribution in [1.29, 1.82) is 0 Å². The molecule has 0 aliphatic carbocycles. The predicted molar refractivity (Wildman–Crippen MR) is 149 cm³/mol. The summed E-state index contributed by atoms with van der Waals surface area (Å²) in [4.78, 5) is 16.5. The lowest BCUT2D eigenvalue weighted by Gasteiger charge is -2.20. The number of aryl methyl sites for hydroxylation is 1. The molecule has 0 aliphatic heterocycles. The van der Waals surface area contributed by atoms with E-state index in [4.69, 9.17) is 4.42 Å². The highest BCUT2D eigenvalue weighted by Crippen LogP contribution is 2.25. The summed E-state index contributed by atoms with van der Waals surface area (Å²) in [5.41, 5.74) is 5.73. The van der Waals surface area contributed by atoms with Crippen LogP contribution in [0.3, 0.4) is 0 Å². The smallest absolute Gasteiger partial charge is 0.248 e. The molecule has 0 bridgehead atoms. The number of halogens is 1. The van der Waals surface area contributed by atoms with Crippen LogP contribution in [-0.2, 0) is 4.79 Å². The fraction of sp³-hybridized carbons (Fsp3) is 0.167. The van der Waals surface area contributed by atoms with Crippen LogP contribution in [0.4, 0.5) is 15.8 Å². The summed E-state index contributed by atoms with van der Waals surface area (Å²) < 4.78 is 18.9. The third kappa shape index (κ3) is 5.34. The molecule has 5 rings (SSSR count). The monoisotopic (exact) mass is 509 g/mol. The van der Waals surface area contributed by atoms with E-state index in [0.717, 1.165) is 41.1 Å². The van der Waals surface area contributed by atoms with Gasteiger partial charge >= 0.3 is 0 Å². The molecule has 0 radical (unpaired) electrons. The van der Waals surface area contributed by atoms with Crippen molar-refractivity contribution in [2.24, 2.45) is 0 Å². The first-order chi connectivity index (χ1) is 18.4. The maximum absolute atomic E-state index is 13.2. The molecule has 7 nitrogen and oxygen atoms in total. The van der Waals surface area contributed by atoms with E-state index in [9.17, 15) is 9.18 Å². The highest BCUT2D eigenvalue weighted by Gasteiger charge is 2.11. The molecule has 1 amide bonds. The van der Waals surface area contributed by atoms with Crippen LogP contribution in [0.5, 0.6) is 0 Å². The largest absolute Gasteiger partial charge is 0.457 e. The number of nitrogens with zero attached hydrogens (tertiary/aromatic N) is 4. The van der Waals surface area contributed by atoms with E-state index < -0.39 is 0 Å². The second-order valence-corrected chi connectivity index (χ2v) is 8.87. The van der Waals surface area contributed by atoms with Crippen molar-refractivity contribution in [1.82, 2.24) is 15.0 Å². The van der Waals surface area contributed by atoms with Crippen molar-refractivity contribution in [2.45, 2.75) is 20.8 Å². The van der Waals surface area contributed by atoms with E-state index in [1.165, 1.54) is 18.2 Å². The normalized spacial score (nSPS) is 11.4. The Morgan fingerprint density at radius 2 is 1.66 bits per heavy atom. The summed E-state index contributed by atoms with van der Waals surface area (Å²) in [5.74, 6) is 0.503. The zero-order valence-corrected chi connectivity index (χ0v) is 21.5. The summed E-state index contributed by atoms with van der Waals surface area (Å²) >= 11 is 0. The van der Waals surface area contributed by atoms with E-state index >= 15 is 0 Å². The Morgan fingerprint density at radius 1 is 0.974 bits per heavy atom. The lowest BCUT2D eigenvalue weighted by atomic mass is 10.1. The topological polar surface area (TPSA) is 76.2 Å². The van der Waals surface area contributed by atoms with E-state index in [-0.39, 0.29) is 11.7 Å². The van der Waals surface area contributed by atoms with Crippen molar-refractivity contribution in [3.05, 3.63) is 96.0 Å². The number of rotatable bonds is 8. The van der Waals surface area contributed by atoms with Crippen LogP contribution < -0.4 is 10.2 Å². The molecule has 3 aromatic carbocycles. The van der Waals surface area contributed by atoms with Gasteiger partial charge in [-0.3, -0.25) is 4.79 Å². The summed E-state index contributed by atoms with van der Waals surface area (Å²) in [6.07, 6.45) is 3.00. The van der Waals surface area contributed by atoms with Crippen LogP contribution >= 0.6 is 0 Å². The third-order valence-corrected chi connectivity index (χ3v) is 6.35. The minimum Gasteiger partial charge on any atom is -0.457 e. The summed E-state index contributed by atoms with van der Waals surface area (Å²) in [6.45, 7) is 8.08. The van der Waals surface area contributed by atoms with Gasteiger partial charge in [0.2, 0.25) is 5.91 Å². The van der Waals surface area contributed by atoms with Crippen molar-refractivity contribution >= 4 is 34.4 Å². The maximum atomic E-state index is 13.2. The summed E-state index contributed by atoms with van der Waals surface area (Å²) in [7, 11) is 0. The molecule has 0 unspecified atom stereocenters. The average Bonchev–Trinajstić information content (AvgIpc) is 3.56. The first-order valence-corrected chi connectivity index (χ1v) is 12.5. The van der Waals surface area contributed by atoms with Gasteiger partial charge in [-0.15, -0.1) is 10.2 Å². The van der Waals surface area contributed by atoms with Crippen LogP contribution in [0.2, 0.25) is 0 Å². The third-order valence-electron chi connectivity index (χ3n) is 6.35. The van der Waals surface area contributed by atoms with Crippen molar-refractivity contribution in [2.75, 3.05) is 23.3 Å². The van der Waals surface area contributed by atoms with Crippen LogP contribution in [0.1, 0.15) is 25.2 Å². The van der Waals surface area contributed by atoms with E-state index in [2.05, 4.69) is 46.4 Å². The van der Waals surface area contributed by atoms with Crippen LogP contribution in [0.25, 0.3) is 34.1 Å². The van der Waals surface area contributed by atoms with Crippen molar-refractivity contribution in [3.63, 3.8) is 0 Å². The standard InChI is InChI=1S/C30H28FN5O2/c1-4-35(5-2)23-10-12-24(13-11-23)36-33-27-18-20(3)26(19-28(27)34-36)32-30(37)17-15-25-14-16-29(38-25)21-6-8-22(31)9-7-21/h6-19H,4-5H2,1-3H3,(H,32,37)/b17-15+. The molecule has 0 saturated carbocycles. The number of anilines is 2. The molecule has 2 aromatic heterocycles. The predicted octanol–water partition coefficient (Wildman–Crippen LogP) is 6.63. The summed E-state index contributed by atoms with van der Waals surface area (Å²) in [5, 5.41) is 12.1. The highest BCUT2D eigenvalue weighted by atomic mass is 19.1. The molecule has 192 valence electrons. The van der Waals surface area contributed by atoms with E-state index in [0.29, 0.717) is 22.7 Å². The Kier molecular flexibility index (Phi) is 7.04. The Morgan fingerprint density at radius 3 is 2.34 bits per heavy atom. The second kappa shape index (κ2) is 10.7. The maximum Gasteiger partial charge on any atom is 0.248 e. The molecule has 2 heterocycles. The zero-order chi connectivity index (χ0) is 26.6. The lowest BCUT2D eigenvalue weighted by Crippen LogP contribution is -2.21. The molecule has 0 fully saturated rings. The highest BCUT2D eigenvalue weighted by molar-refractivity contribution is 6.03. The van der Waals surface area contributed by atoms with Gasteiger partial charge in [0, 0.05) is 36.1 Å². The summed E-state index contributed by atoms with van der Waals surface area (Å²) in [6, 6.07) is 21.5. The number of amides is 1. The van der Waals surface area contributed by atoms with Crippen LogP contribution in [0, 0.1) is 12.7 Å². The van der Waals surface area contributed by atoms with Gasteiger partial charge in [0.25, 0.3) is 0 Å². The Balaban J connectivity index is 1.29. The SMILES string of the molecule is CCN(CC)c1ccc(-n2nc3cc(C)c(NC(=O)/C=C/c4ccc(-c5ccc(F)cc5)o4)cc3n2)cc1. The first-order valence-electron chi connectivity index (χ1n) is 12.5. The lowest BCUT2D eigenvalue weighted by molar-refractivity contribution is -0.111. The molecule has 0 spiro atoms. The second-order valence-electron chi connectivity index (χ2n) is 8.87. The fourth-order valence-corrected chi connectivity index (χ4v) is 4.25. The quantitative estimate of drug-likeness (QED) is 0.238. The number of benzene rings is 3. The number of hydrogen-bond acceptors (Lipinski definition) is 5. The minimum atomic E-state index is -0.308. The molecule has 0 saturated heterocycles. The molecule has 8 heteroatoms. The van der Waals surface area contributed by atoms with Crippen LogP contribution in [0.15, 0.2) is 83.3 Å². The fourth-order valence-electron chi connectivity index (χ4n) is 4.25. The number of aromatic nitrogens is 3.